The zero-order valence-electron chi connectivity index (χ0n) is 9.69. The smallest absolute Gasteiger partial charge is 0.242 e. The Bertz CT molecular complexity index is 428. The molecule has 1 aromatic heterocycles. The molecule has 1 aromatic rings. The third kappa shape index (κ3) is 3.55. The number of pyridine rings is 1. The van der Waals surface area contributed by atoms with Gasteiger partial charge in [-0.15, -0.1) is 0 Å². The van der Waals surface area contributed by atoms with Crippen molar-refractivity contribution in [2.24, 2.45) is 0 Å². The Morgan fingerprint density at radius 1 is 1.44 bits per heavy atom. The second-order valence-electron chi connectivity index (χ2n) is 3.68. The molecule has 0 aliphatic carbocycles. The summed E-state index contributed by atoms with van der Waals surface area (Å²) in [6, 6.07) is 3.32. The van der Waals surface area contributed by atoms with E-state index in [4.69, 9.17) is 0 Å². The molecule has 0 aliphatic rings. The van der Waals surface area contributed by atoms with Crippen LogP contribution in [0.5, 0.6) is 0 Å². The summed E-state index contributed by atoms with van der Waals surface area (Å²) in [6.45, 7) is 4.07. The maximum absolute atomic E-state index is 11.8. The van der Waals surface area contributed by atoms with Crippen molar-refractivity contribution < 1.29 is 8.42 Å². The highest BCUT2D eigenvalue weighted by atomic mass is 32.2. The molecule has 1 rings (SSSR count). The molecule has 0 saturated heterocycles. The molecule has 1 heterocycles. The topological polar surface area (TPSA) is 71.1 Å². The van der Waals surface area contributed by atoms with E-state index in [0.29, 0.717) is 6.54 Å². The maximum Gasteiger partial charge on any atom is 0.242 e. The fourth-order valence-corrected chi connectivity index (χ4v) is 2.11. The van der Waals surface area contributed by atoms with Crippen LogP contribution in [0, 0.1) is 6.92 Å². The van der Waals surface area contributed by atoms with E-state index in [1.165, 1.54) is 6.20 Å². The van der Waals surface area contributed by atoms with Gasteiger partial charge in [-0.2, -0.15) is 0 Å². The van der Waals surface area contributed by atoms with Crippen molar-refractivity contribution in [3.8, 4) is 0 Å². The van der Waals surface area contributed by atoms with Gasteiger partial charge >= 0.3 is 0 Å². The molecule has 0 amide bonds. The van der Waals surface area contributed by atoms with E-state index in [0.717, 1.165) is 5.69 Å². The number of hydrogen-bond acceptors (Lipinski definition) is 4. The minimum Gasteiger partial charge on any atom is -0.316 e. The van der Waals surface area contributed by atoms with Gasteiger partial charge in [0.05, 0.1) is 0 Å². The third-order valence-electron chi connectivity index (χ3n) is 2.27. The van der Waals surface area contributed by atoms with Crippen LogP contribution < -0.4 is 10.0 Å². The second kappa shape index (κ2) is 5.38. The summed E-state index contributed by atoms with van der Waals surface area (Å²) in [5.74, 6) is 0. The van der Waals surface area contributed by atoms with Crippen molar-refractivity contribution >= 4 is 10.0 Å². The number of aryl methyl sites for hydroxylation is 1. The van der Waals surface area contributed by atoms with Gasteiger partial charge in [0.15, 0.2) is 0 Å². The predicted molar refractivity (Wildman–Crippen MR) is 62.7 cm³/mol. The van der Waals surface area contributed by atoms with Gasteiger partial charge in [-0.3, -0.25) is 4.98 Å². The van der Waals surface area contributed by atoms with E-state index < -0.39 is 10.0 Å². The fraction of sp³-hybridized carbons (Fsp3) is 0.500. The van der Waals surface area contributed by atoms with Crippen LogP contribution in [0.2, 0.25) is 0 Å². The average Bonchev–Trinajstić information content (AvgIpc) is 2.26. The monoisotopic (exact) mass is 243 g/mol. The van der Waals surface area contributed by atoms with E-state index in [-0.39, 0.29) is 10.9 Å². The minimum absolute atomic E-state index is 0.0909. The normalized spacial score (nSPS) is 13.7. The molecular formula is C10H17N3O2S. The van der Waals surface area contributed by atoms with Crippen molar-refractivity contribution in [3.63, 3.8) is 0 Å². The summed E-state index contributed by atoms with van der Waals surface area (Å²) < 4.78 is 26.1. The number of nitrogens with one attached hydrogen (secondary N) is 2. The molecule has 5 nitrogen and oxygen atoms in total. The Labute approximate surface area is 96.3 Å². The first kappa shape index (κ1) is 13.1. The standard InChI is InChI=1S/C10H17N3O2S/c1-8-4-5-10(7-12-8)16(14,15)13-6-9(2)11-3/h4-5,7,9,11,13H,6H2,1-3H3. The van der Waals surface area contributed by atoms with Gasteiger partial charge in [-0.25, -0.2) is 13.1 Å². The van der Waals surface area contributed by atoms with E-state index in [1.807, 2.05) is 13.8 Å². The van der Waals surface area contributed by atoms with E-state index in [1.54, 1.807) is 19.2 Å². The molecule has 6 heteroatoms. The number of sulfonamides is 1. The number of likely N-dealkylation sites (N-methyl/N-ethyl adjacent to an activating group) is 1. The highest BCUT2D eigenvalue weighted by Gasteiger charge is 2.14. The summed E-state index contributed by atoms with van der Waals surface area (Å²) in [5, 5.41) is 2.96. The van der Waals surface area contributed by atoms with Gasteiger partial charge in [0.1, 0.15) is 4.90 Å². The van der Waals surface area contributed by atoms with Crippen LogP contribution in [-0.4, -0.2) is 33.0 Å². The van der Waals surface area contributed by atoms with Crippen LogP contribution in [0.4, 0.5) is 0 Å². The second-order valence-corrected chi connectivity index (χ2v) is 5.44. The Hall–Kier alpha value is -0.980. The Morgan fingerprint density at radius 2 is 2.12 bits per heavy atom. The van der Waals surface area contributed by atoms with Gasteiger partial charge in [0.25, 0.3) is 0 Å². The number of nitrogens with zero attached hydrogens (tertiary/aromatic N) is 1. The van der Waals surface area contributed by atoms with Crippen LogP contribution in [0.3, 0.4) is 0 Å². The molecular weight excluding hydrogens is 226 g/mol. The zero-order chi connectivity index (χ0) is 12.2. The molecule has 0 spiro atoms. The number of rotatable bonds is 5. The van der Waals surface area contributed by atoms with Crippen molar-refractivity contribution in [2.45, 2.75) is 24.8 Å². The fourth-order valence-electron chi connectivity index (χ4n) is 1.03. The third-order valence-corrected chi connectivity index (χ3v) is 3.68. The molecule has 0 fully saturated rings. The van der Waals surface area contributed by atoms with E-state index in [2.05, 4.69) is 15.0 Å². The SMILES string of the molecule is CNC(C)CNS(=O)(=O)c1ccc(C)nc1. The van der Waals surface area contributed by atoms with Crippen LogP contribution in [-0.2, 0) is 10.0 Å². The average molecular weight is 243 g/mol. The van der Waals surface area contributed by atoms with Gasteiger partial charge in [0.2, 0.25) is 10.0 Å². The highest BCUT2D eigenvalue weighted by Crippen LogP contribution is 2.06. The zero-order valence-corrected chi connectivity index (χ0v) is 10.5. The summed E-state index contributed by atoms with van der Waals surface area (Å²) in [7, 11) is -1.65. The van der Waals surface area contributed by atoms with Gasteiger partial charge in [-0.05, 0) is 33.0 Å². The highest BCUT2D eigenvalue weighted by molar-refractivity contribution is 7.89. The van der Waals surface area contributed by atoms with Crippen LogP contribution in [0.1, 0.15) is 12.6 Å². The Kier molecular flexibility index (Phi) is 4.40. The first-order valence-corrected chi connectivity index (χ1v) is 6.53. The van der Waals surface area contributed by atoms with Gasteiger partial charge < -0.3 is 5.32 Å². The molecule has 0 radical (unpaired) electrons. The molecule has 0 saturated carbocycles. The van der Waals surface area contributed by atoms with Crippen molar-refractivity contribution in [1.82, 2.24) is 15.0 Å². The molecule has 2 N–H and O–H groups in total. The van der Waals surface area contributed by atoms with Crippen molar-refractivity contribution in [3.05, 3.63) is 24.0 Å². The lowest BCUT2D eigenvalue weighted by atomic mass is 10.4. The van der Waals surface area contributed by atoms with Crippen LogP contribution >= 0.6 is 0 Å². The van der Waals surface area contributed by atoms with E-state index in [9.17, 15) is 8.42 Å². The largest absolute Gasteiger partial charge is 0.316 e. The molecule has 0 aliphatic heterocycles. The lowest BCUT2D eigenvalue weighted by Crippen LogP contribution is -2.37. The quantitative estimate of drug-likeness (QED) is 0.779. The molecule has 0 bridgehead atoms. The summed E-state index contributed by atoms with van der Waals surface area (Å²) in [5.41, 5.74) is 0.794. The Morgan fingerprint density at radius 3 is 2.62 bits per heavy atom. The van der Waals surface area contributed by atoms with Crippen molar-refractivity contribution in [1.29, 1.82) is 0 Å². The van der Waals surface area contributed by atoms with Crippen LogP contribution in [0.25, 0.3) is 0 Å². The number of hydrogen-bond donors (Lipinski definition) is 2. The lowest BCUT2D eigenvalue weighted by molar-refractivity contribution is 0.554. The summed E-state index contributed by atoms with van der Waals surface area (Å²) >= 11 is 0. The first-order valence-electron chi connectivity index (χ1n) is 5.05. The molecule has 16 heavy (non-hydrogen) atoms. The molecule has 90 valence electrons. The molecule has 0 aromatic carbocycles. The van der Waals surface area contributed by atoms with E-state index >= 15 is 0 Å². The first-order chi connectivity index (χ1) is 7.45. The van der Waals surface area contributed by atoms with Gasteiger partial charge in [-0.1, -0.05) is 0 Å². The van der Waals surface area contributed by atoms with Crippen LogP contribution in [0.15, 0.2) is 23.2 Å². The number of aromatic nitrogens is 1. The summed E-state index contributed by atoms with van der Waals surface area (Å²) in [6.07, 6.45) is 1.36. The van der Waals surface area contributed by atoms with Gasteiger partial charge in [0, 0.05) is 24.5 Å². The summed E-state index contributed by atoms with van der Waals surface area (Å²) in [4.78, 5) is 4.15. The molecule has 1 unspecified atom stereocenters. The minimum atomic E-state index is -3.43. The predicted octanol–water partition coefficient (Wildman–Crippen LogP) is 0.276. The maximum atomic E-state index is 11.8. The molecule has 1 atom stereocenters. The lowest BCUT2D eigenvalue weighted by Gasteiger charge is -2.11. The Balaban J connectivity index is 2.74. The van der Waals surface area contributed by atoms with Crippen molar-refractivity contribution in [2.75, 3.05) is 13.6 Å².